The van der Waals surface area contributed by atoms with Crippen LogP contribution in [0.15, 0.2) is 42.6 Å². The van der Waals surface area contributed by atoms with Crippen LogP contribution in [-0.2, 0) is 12.6 Å². The molecule has 1 heterocycles. The molecular formula is C21H18F3N3O5S. The SMILES string of the molecule is CCOc1cc(C(=O)Nc2ncc(Cc3cccc(C(F)(F)F)c3)s2)c([N+](=O)[O-])cc1OC. The molecule has 1 aromatic heterocycles. The lowest BCUT2D eigenvalue weighted by Crippen LogP contribution is -2.14. The molecule has 0 saturated heterocycles. The van der Waals surface area contributed by atoms with E-state index < -0.39 is 28.3 Å². The number of nitro groups is 1. The number of hydrogen-bond acceptors (Lipinski definition) is 7. The lowest BCUT2D eigenvalue weighted by atomic mass is 10.1. The number of amides is 1. The van der Waals surface area contributed by atoms with Crippen molar-refractivity contribution in [3.05, 3.63) is 74.3 Å². The number of halogens is 3. The maximum atomic E-state index is 12.9. The van der Waals surface area contributed by atoms with E-state index in [-0.39, 0.29) is 35.2 Å². The van der Waals surface area contributed by atoms with Crippen molar-refractivity contribution in [2.45, 2.75) is 19.5 Å². The van der Waals surface area contributed by atoms with E-state index in [1.807, 2.05) is 0 Å². The molecule has 0 spiro atoms. The zero-order valence-corrected chi connectivity index (χ0v) is 18.2. The molecule has 0 fully saturated rings. The zero-order valence-electron chi connectivity index (χ0n) is 17.4. The molecule has 3 aromatic rings. The number of methoxy groups -OCH3 is 1. The number of rotatable bonds is 8. The van der Waals surface area contributed by atoms with Gasteiger partial charge in [-0.1, -0.05) is 18.2 Å². The van der Waals surface area contributed by atoms with Gasteiger partial charge in [0, 0.05) is 23.6 Å². The van der Waals surface area contributed by atoms with Gasteiger partial charge < -0.3 is 9.47 Å². The molecule has 0 bridgehead atoms. The standard InChI is InChI=1S/C21H18F3N3O5S/c1-3-32-18-9-15(16(27(29)30)10-17(18)31-2)19(28)26-20-25-11-14(33-20)8-12-5-4-6-13(7-12)21(22,23)24/h4-7,9-11H,3,8H2,1-2H3,(H,25,26,28). The van der Waals surface area contributed by atoms with Crippen LogP contribution in [0.5, 0.6) is 11.5 Å². The first-order valence-corrected chi connectivity index (χ1v) is 10.4. The second kappa shape index (κ2) is 9.86. The van der Waals surface area contributed by atoms with Crippen LogP contribution in [0.1, 0.15) is 33.3 Å². The Morgan fingerprint density at radius 2 is 2.00 bits per heavy atom. The van der Waals surface area contributed by atoms with Crippen molar-refractivity contribution in [3.63, 3.8) is 0 Å². The molecule has 2 aromatic carbocycles. The monoisotopic (exact) mass is 481 g/mol. The Bertz CT molecular complexity index is 1180. The average Bonchev–Trinajstić information content (AvgIpc) is 3.19. The molecule has 0 atom stereocenters. The molecule has 1 N–H and O–H groups in total. The van der Waals surface area contributed by atoms with Crippen LogP contribution in [0, 0.1) is 10.1 Å². The molecule has 3 rings (SSSR count). The molecule has 1 amide bonds. The van der Waals surface area contributed by atoms with E-state index in [0.717, 1.165) is 29.5 Å². The van der Waals surface area contributed by atoms with Crippen molar-refractivity contribution >= 4 is 28.1 Å². The third kappa shape index (κ3) is 5.77. The van der Waals surface area contributed by atoms with Gasteiger partial charge in [0.2, 0.25) is 0 Å². The predicted octanol–water partition coefficient (Wildman–Crippen LogP) is 5.32. The minimum Gasteiger partial charge on any atom is -0.493 e. The van der Waals surface area contributed by atoms with Gasteiger partial charge in [0.1, 0.15) is 5.56 Å². The number of nitro benzene ring substituents is 1. The lowest BCUT2D eigenvalue weighted by molar-refractivity contribution is -0.385. The van der Waals surface area contributed by atoms with Gasteiger partial charge >= 0.3 is 6.18 Å². The molecule has 33 heavy (non-hydrogen) atoms. The number of ether oxygens (including phenoxy) is 2. The van der Waals surface area contributed by atoms with Crippen LogP contribution >= 0.6 is 11.3 Å². The molecule has 0 radical (unpaired) electrons. The highest BCUT2D eigenvalue weighted by atomic mass is 32.1. The summed E-state index contributed by atoms with van der Waals surface area (Å²) in [4.78, 5) is 28.1. The second-order valence-corrected chi connectivity index (χ2v) is 7.79. The lowest BCUT2D eigenvalue weighted by Gasteiger charge is -2.11. The summed E-state index contributed by atoms with van der Waals surface area (Å²) >= 11 is 1.05. The highest BCUT2D eigenvalue weighted by Crippen LogP contribution is 2.35. The zero-order chi connectivity index (χ0) is 24.2. The van der Waals surface area contributed by atoms with E-state index in [4.69, 9.17) is 9.47 Å². The van der Waals surface area contributed by atoms with Crippen molar-refractivity contribution in [3.8, 4) is 11.5 Å². The largest absolute Gasteiger partial charge is 0.493 e. The van der Waals surface area contributed by atoms with Gasteiger partial charge in [-0.15, -0.1) is 11.3 Å². The topological polar surface area (TPSA) is 104 Å². The highest BCUT2D eigenvalue weighted by Gasteiger charge is 2.30. The quantitative estimate of drug-likeness (QED) is 0.345. The van der Waals surface area contributed by atoms with E-state index in [9.17, 15) is 28.1 Å². The maximum Gasteiger partial charge on any atom is 0.416 e. The molecule has 0 unspecified atom stereocenters. The number of aromatic nitrogens is 1. The summed E-state index contributed by atoms with van der Waals surface area (Å²) in [5.74, 6) is -0.511. The molecule has 0 aliphatic rings. The number of nitrogens with one attached hydrogen (secondary N) is 1. The molecule has 0 aliphatic heterocycles. The van der Waals surface area contributed by atoms with E-state index >= 15 is 0 Å². The minimum absolute atomic E-state index is 0.109. The van der Waals surface area contributed by atoms with Crippen molar-refractivity contribution in [1.29, 1.82) is 0 Å². The number of hydrogen-bond donors (Lipinski definition) is 1. The maximum absolute atomic E-state index is 12.9. The third-order valence-electron chi connectivity index (χ3n) is 4.43. The summed E-state index contributed by atoms with van der Waals surface area (Å²) in [5.41, 5.74) is -1.05. The number of nitrogens with zero attached hydrogens (tertiary/aromatic N) is 2. The predicted molar refractivity (Wildman–Crippen MR) is 115 cm³/mol. The molecule has 12 heteroatoms. The normalized spacial score (nSPS) is 11.2. The average molecular weight is 481 g/mol. The first-order chi connectivity index (χ1) is 15.6. The van der Waals surface area contributed by atoms with Gasteiger partial charge in [-0.05, 0) is 18.6 Å². The number of anilines is 1. The Morgan fingerprint density at radius 1 is 1.24 bits per heavy atom. The Balaban J connectivity index is 1.81. The summed E-state index contributed by atoms with van der Waals surface area (Å²) in [5, 5.41) is 14.1. The molecule has 8 nitrogen and oxygen atoms in total. The Morgan fingerprint density at radius 3 is 2.64 bits per heavy atom. The first-order valence-electron chi connectivity index (χ1n) is 9.53. The van der Waals surface area contributed by atoms with Gasteiger partial charge in [0.15, 0.2) is 16.6 Å². The summed E-state index contributed by atoms with van der Waals surface area (Å²) in [7, 11) is 1.32. The van der Waals surface area contributed by atoms with Crippen LogP contribution in [0.3, 0.4) is 0 Å². The van der Waals surface area contributed by atoms with Crippen LogP contribution in [0.25, 0.3) is 0 Å². The fraction of sp³-hybridized carbons (Fsp3) is 0.238. The van der Waals surface area contributed by atoms with E-state index in [1.165, 1.54) is 25.4 Å². The van der Waals surface area contributed by atoms with Gasteiger partial charge in [-0.2, -0.15) is 13.2 Å². The number of benzene rings is 2. The molecule has 174 valence electrons. The van der Waals surface area contributed by atoms with Gasteiger partial charge in [-0.3, -0.25) is 20.2 Å². The van der Waals surface area contributed by atoms with E-state index in [1.54, 1.807) is 13.0 Å². The van der Waals surface area contributed by atoms with Crippen LogP contribution in [0.2, 0.25) is 0 Å². The van der Waals surface area contributed by atoms with Crippen LogP contribution in [-0.4, -0.2) is 29.5 Å². The van der Waals surface area contributed by atoms with Gasteiger partial charge in [0.25, 0.3) is 11.6 Å². The summed E-state index contributed by atoms with van der Waals surface area (Å²) in [6.07, 6.45) is -2.85. The van der Waals surface area contributed by atoms with Crippen LogP contribution in [0.4, 0.5) is 24.0 Å². The molecule has 0 saturated carbocycles. The fourth-order valence-electron chi connectivity index (χ4n) is 2.98. The smallest absolute Gasteiger partial charge is 0.416 e. The first kappa shape index (κ1) is 24.0. The Labute approximate surface area is 190 Å². The second-order valence-electron chi connectivity index (χ2n) is 6.67. The summed E-state index contributed by atoms with van der Waals surface area (Å²) in [6, 6.07) is 7.23. The van der Waals surface area contributed by atoms with E-state index in [2.05, 4.69) is 10.3 Å². The highest BCUT2D eigenvalue weighted by molar-refractivity contribution is 7.15. The molecular weight excluding hydrogens is 463 g/mol. The number of carbonyl (C=O) groups is 1. The van der Waals surface area contributed by atoms with Crippen molar-refractivity contribution in [2.24, 2.45) is 0 Å². The van der Waals surface area contributed by atoms with Gasteiger partial charge in [0.05, 0.1) is 30.3 Å². The number of carbonyl (C=O) groups excluding carboxylic acids is 1. The summed E-state index contributed by atoms with van der Waals surface area (Å²) in [6.45, 7) is 1.96. The number of thiazole rings is 1. The minimum atomic E-state index is -4.45. The van der Waals surface area contributed by atoms with Gasteiger partial charge in [-0.25, -0.2) is 4.98 Å². The Hall–Kier alpha value is -3.67. The summed E-state index contributed by atoms with van der Waals surface area (Å²) < 4.78 is 49.2. The van der Waals surface area contributed by atoms with Crippen LogP contribution < -0.4 is 14.8 Å². The van der Waals surface area contributed by atoms with Crippen molar-refractivity contribution in [1.82, 2.24) is 4.98 Å². The third-order valence-corrected chi connectivity index (χ3v) is 5.34. The number of alkyl halides is 3. The van der Waals surface area contributed by atoms with Crippen molar-refractivity contribution < 1.29 is 32.4 Å². The Kier molecular flexibility index (Phi) is 7.16. The molecule has 0 aliphatic carbocycles. The fourth-order valence-corrected chi connectivity index (χ4v) is 3.82. The van der Waals surface area contributed by atoms with Crippen molar-refractivity contribution in [2.75, 3.05) is 19.0 Å². The van der Waals surface area contributed by atoms with E-state index in [0.29, 0.717) is 10.4 Å².